The minimum absolute atomic E-state index is 0.462. The van der Waals surface area contributed by atoms with Gasteiger partial charge in [-0.15, -0.1) is 0 Å². The predicted octanol–water partition coefficient (Wildman–Crippen LogP) is 7.16. The van der Waals surface area contributed by atoms with Gasteiger partial charge in [-0.25, -0.2) is 0 Å². The van der Waals surface area contributed by atoms with Gasteiger partial charge in [-0.05, 0) is 73.2 Å². The Hall–Kier alpha value is -3.39. The fourth-order valence-corrected chi connectivity index (χ4v) is 5.14. The molecule has 0 spiro atoms. The molecule has 0 amide bonds. The van der Waals surface area contributed by atoms with Gasteiger partial charge in [0.25, 0.3) is 0 Å². The Bertz CT molecular complexity index is 1330. The topological polar surface area (TPSA) is 0 Å². The summed E-state index contributed by atoms with van der Waals surface area (Å²) in [4.78, 5) is 2.72. The lowest BCUT2D eigenvalue weighted by Crippen LogP contribution is -1.99. The van der Waals surface area contributed by atoms with Crippen molar-refractivity contribution in [1.29, 1.82) is 0 Å². The first kappa shape index (κ1) is 19.6. The lowest BCUT2D eigenvalue weighted by atomic mass is 9.90. The first-order chi connectivity index (χ1) is 15.1. The summed E-state index contributed by atoms with van der Waals surface area (Å²) in [5.41, 5.74) is 8.23. The number of benzene rings is 3. The van der Waals surface area contributed by atoms with Crippen LogP contribution in [0.1, 0.15) is 45.7 Å². The largest absolute Gasteiger partial charge is 0.0935 e. The maximum atomic E-state index is 3.35. The van der Waals surface area contributed by atoms with Crippen LogP contribution < -0.4 is 0 Å². The number of hydrogen-bond donors (Lipinski definition) is 0. The Kier molecular flexibility index (Phi) is 5.30. The third kappa shape index (κ3) is 4.39. The first-order valence-corrected chi connectivity index (χ1v) is 11.4. The van der Waals surface area contributed by atoms with Gasteiger partial charge in [-0.3, -0.25) is 0 Å². The predicted molar refractivity (Wildman–Crippen MR) is 131 cm³/mol. The van der Waals surface area contributed by atoms with E-state index in [1.54, 1.807) is 0 Å². The van der Waals surface area contributed by atoms with E-state index in [1.165, 1.54) is 26.5 Å². The fourth-order valence-electron chi connectivity index (χ4n) is 3.82. The number of aryl methyl sites for hydroxylation is 2. The second kappa shape index (κ2) is 8.39. The summed E-state index contributed by atoms with van der Waals surface area (Å²) in [5.74, 6) is 13.7. The maximum Gasteiger partial charge on any atom is 0.0260 e. The van der Waals surface area contributed by atoms with Crippen molar-refractivity contribution < 1.29 is 0 Å². The van der Waals surface area contributed by atoms with Crippen molar-refractivity contribution in [2.75, 3.05) is 0 Å². The van der Waals surface area contributed by atoms with E-state index in [1.807, 2.05) is 11.8 Å². The summed E-state index contributed by atoms with van der Waals surface area (Å²) in [6.07, 6.45) is 5.55. The van der Waals surface area contributed by atoms with E-state index in [9.17, 15) is 0 Å². The zero-order chi connectivity index (χ0) is 21.2. The number of fused-ring (bicyclic) bond motifs is 3. The van der Waals surface area contributed by atoms with Gasteiger partial charge < -0.3 is 0 Å². The maximum absolute atomic E-state index is 3.35. The van der Waals surface area contributed by atoms with Crippen LogP contribution in [0, 0.1) is 37.5 Å². The second-order valence-electron chi connectivity index (χ2n) is 8.08. The smallest absolute Gasteiger partial charge is 0.0260 e. The highest BCUT2D eigenvalue weighted by Crippen LogP contribution is 2.52. The summed E-state index contributed by atoms with van der Waals surface area (Å²) in [5, 5.41) is 0. The second-order valence-corrected chi connectivity index (χ2v) is 9.20. The average molecular weight is 415 g/mol. The molecule has 31 heavy (non-hydrogen) atoms. The molecule has 0 bridgehead atoms. The molecule has 1 unspecified atom stereocenters. The third-order valence-corrected chi connectivity index (χ3v) is 6.85. The van der Waals surface area contributed by atoms with E-state index in [0.717, 1.165) is 28.7 Å². The zero-order valence-electron chi connectivity index (χ0n) is 17.7. The summed E-state index contributed by atoms with van der Waals surface area (Å²) in [6.45, 7) is 4.19. The monoisotopic (exact) mass is 414 g/mol. The van der Waals surface area contributed by atoms with Crippen LogP contribution in [-0.4, -0.2) is 0 Å². The van der Waals surface area contributed by atoms with Gasteiger partial charge in [-0.1, -0.05) is 83.0 Å². The van der Waals surface area contributed by atoms with E-state index in [2.05, 4.69) is 116 Å². The van der Waals surface area contributed by atoms with E-state index in [-0.39, 0.29) is 0 Å². The molecule has 0 radical (unpaired) electrons. The van der Waals surface area contributed by atoms with E-state index in [4.69, 9.17) is 0 Å². The minimum Gasteiger partial charge on any atom is -0.0935 e. The minimum atomic E-state index is 0.462. The molecule has 0 saturated heterocycles. The van der Waals surface area contributed by atoms with E-state index < -0.39 is 0 Å². The summed E-state index contributed by atoms with van der Waals surface area (Å²) >= 11 is 1.87. The molecule has 1 aliphatic heterocycles. The molecule has 0 aromatic heterocycles. The summed E-state index contributed by atoms with van der Waals surface area (Å²) in [7, 11) is 0. The van der Waals surface area contributed by atoms with Crippen LogP contribution in [-0.2, 0) is 0 Å². The molecule has 0 saturated carbocycles. The van der Waals surface area contributed by atoms with Gasteiger partial charge in [0.2, 0.25) is 0 Å². The van der Waals surface area contributed by atoms with Gasteiger partial charge in [-0.2, -0.15) is 0 Å². The fraction of sp³-hybridized carbons (Fsp3) is 0.133. The van der Waals surface area contributed by atoms with Gasteiger partial charge in [0.1, 0.15) is 0 Å². The van der Waals surface area contributed by atoms with Gasteiger partial charge in [0, 0.05) is 33.1 Å². The van der Waals surface area contributed by atoms with Gasteiger partial charge in [0.15, 0.2) is 0 Å². The summed E-state index contributed by atoms with van der Waals surface area (Å²) < 4.78 is 0. The highest BCUT2D eigenvalue weighted by molar-refractivity contribution is 8.03. The number of allylic oxidation sites excluding steroid dienone is 4. The normalized spacial score (nSPS) is 16.0. The Morgan fingerprint density at radius 1 is 0.710 bits per heavy atom. The highest BCUT2D eigenvalue weighted by atomic mass is 32.2. The number of rotatable bonds is 0. The molecule has 5 rings (SSSR count). The van der Waals surface area contributed by atoms with Crippen LogP contribution in [0.25, 0.3) is 0 Å². The van der Waals surface area contributed by atoms with Crippen molar-refractivity contribution >= 4 is 11.8 Å². The van der Waals surface area contributed by atoms with Crippen molar-refractivity contribution in [3.8, 4) is 23.7 Å². The van der Waals surface area contributed by atoms with Crippen LogP contribution in [0.5, 0.6) is 0 Å². The molecule has 3 aromatic rings. The Labute approximate surface area is 189 Å². The number of thioether (sulfide) groups is 1. The SMILES string of the molecule is Cc1ccc(C#CC2=CCC3C(=C2)Sc2cc(C#Cc4ccc(C)cc4)ccc23)cc1. The molecule has 148 valence electrons. The lowest BCUT2D eigenvalue weighted by Gasteiger charge is -2.14. The van der Waals surface area contributed by atoms with Gasteiger partial charge >= 0.3 is 0 Å². The molecule has 2 aliphatic rings. The van der Waals surface area contributed by atoms with Crippen LogP contribution in [0.2, 0.25) is 0 Å². The van der Waals surface area contributed by atoms with Gasteiger partial charge in [0.05, 0.1) is 0 Å². The van der Waals surface area contributed by atoms with Crippen LogP contribution >= 0.6 is 11.8 Å². The first-order valence-electron chi connectivity index (χ1n) is 10.5. The molecule has 0 fully saturated rings. The van der Waals surface area contributed by atoms with E-state index >= 15 is 0 Å². The molecular weight excluding hydrogens is 392 g/mol. The van der Waals surface area contributed by atoms with Crippen molar-refractivity contribution in [3.05, 3.63) is 123 Å². The van der Waals surface area contributed by atoms with E-state index in [0.29, 0.717) is 5.92 Å². The third-order valence-electron chi connectivity index (χ3n) is 5.64. The average Bonchev–Trinajstić information content (AvgIpc) is 3.15. The molecule has 1 heterocycles. The Balaban J connectivity index is 1.34. The highest BCUT2D eigenvalue weighted by Gasteiger charge is 2.29. The Morgan fingerprint density at radius 3 is 1.97 bits per heavy atom. The Morgan fingerprint density at radius 2 is 1.29 bits per heavy atom. The zero-order valence-corrected chi connectivity index (χ0v) is 18.5. The standard InChI is InChI=1S/C30H22S/c1-21-3-7-23(8-4-21)11-13-25-15-17-27-28-18-16-26(20-30(28)31-29(27)19-25)14-12-24-9-5-22(2)6-10-24/h3-10,15-17,19-20,28H,18H2,1-2H3. The van der Waals surface area contributed by atoms with Crippen molar-refractivity contribution in [1.82, 2.24) is 0 Å². The quantitative estimate of drug-likeness (QED) is 0.352. The molecule has 1 heteroatoms. The molecule has 1 atom stereocenters. The molecule has 0 N–H and O–H groups in total. The van der Waals surface area contributed by atoms with Crippen LogP contribution in [0.15, 0.2) is 94.3 Å². The van der Waals surface area contributed by atoms with Crippen molar-refractivity contribution in [2.24, 2.45) is 0 Å². The van der Waals surface area contributed by atoms with Crippen molar-refractivity contribution in [3.63, 3.8) is 0 Å². The lowest BCUT2D eigenvalue weighted by molar-refractivity contribution is 0.833. The van der Waals surface area contributed by atoms with Crippen molar-refractivity contribution in [2.45, 2.75) is 31.1 Å². The van der Waals surface area contributed by atoms with Crippen LogP contribution in [0.3, 0.4) is 0 Å². The molecule has 0 nitrogen and oxygen atoms in total. The molecular formula is C30H22S. The molecule has 3 aromatic carbocycles. The number of hydrogen-bond acceptors (Lipinski definition) is 1. The summed E-state index contributed by atoms with van der Waals surface area (Å²) in [6, 6.07) is 23.4. The van der Waals surface area contributed by atoms with Crippen LogP contribution in [0.4, 0.5) is 0 Å². The molecule has 1 aliphatic carbocycles.